The summed E-state index contributed by atoms with van der Waals surface area (Å²) in [6, 6.07) is 0. The van der Waals surface area contributed by atoms with E-state index in [0.29, 0.717) is 6.54 Å². The van der Waals surface area contributed by atoms with Crippen molar-refractivity contribution in [2.24, 2.45) is 11.3 Å². The molecule has 0 aliphatic heterocycles. The van der Waals surface area contributed by atoms with E-state index in [9.17, 15) is 9.59 Å². The van der Waals surface area contributed by atoms with Gasteiger partial charge in [-0.05, 0) is 25.2 Å². The van der Waals surface area contributed by atoms with E-state index in [2.05, 4.69) is 12.2 Å². The Morgan fingerprint density at radius 1 is 1.40 bits per heavy atom. The maximum Gasteiger partial charge on any atom is 0.315 e. The van der Waals surface area contributed by atoms with Gasteiger partial charge in [0.05, 0.1) is 0 Å². The highest BCUT2D eigenvalue weighted by molar-refractivity contribution is 5.96. The summed E-state index contributed by atoms with van der Waals surface area (Å²) >= 11 is 0. The van der Waals surface area contributed by atoms with Gasteiger partial charge in [0, 0.05) is 6.54 Å². The van der Waals surface area contributed by atoms with Crippen LogP contribution in [0.25, 0.3) is 0 Å². The summed E-state index contributed by atoms with van der Waals surface area (Å²) in [5, 5.41) is 11.4. The number of rotatable bonds is 4. The number of aliphatic carboxylic acids is 1. The first-order valence-electron chi connectivity index (χ1n) is 5.45. The molecule has 0 radical (unpaired) electrons. The third-order valence-corrected chi connectivity index (χ3v) is 3.26. The lowest BCUT2D eigenvalue weighted by Crippen LogP contribution is -2.39. The second kappa shape index (κ2) is 4.64. The Balaban J connectivity index is 2.36. The van der Waals surface area contributed by atoms with Crippen LogP contribution in [0.1, 0.15) is 39.5 Å². The minimum Gasteiger partial charge on any atom is -0.481 e. The van der Waals surface area contributed by atoms with E-state index < -0.39 is 11.9 Å². The number of carbonyl (C=O) groups is 2. The van der Waals surface area contributed by atoms with Crippen LogP contribution in [-0.4, -0.2) is 23.5 Å². The van der Waals surface area contributed by atoms with Gasteiger partial charge in [0.2, 0.25) is 5.91 Å². The third kappa shape index (κ3) is 3.22. The van der Waals surface area contributed by atoms with Crippen LogP contribution in [0.4, 0.5) is 0 Å². The molecule has 0 bridgehead atoms. The van der Waals surface area contributed by atoms with Gasteiger partial charge < -0.3 is 10.4 Å². The zero-order valence-corrected chi connectivity index (χ0v) is 9.38. The molecule has 0 aromatic carbocycles. The minimum absolute atomic E-state index is 0.174. The topological polar surface area (TPSA) is 66.4 Å². The molecule has 1 fully saturated rings. The van der Waals surface area contributed by atoms with Gasteiger partial charge in [0.25, 0.3) is 0 Å². The fourth-order valence-corrected chi connectivity index (χ4v) is 1.97. The van der Waals surface area contributed by atoms with Crippen LogP contribution in [0.2, 0.25) is 0 Å². The lowest BCUT2D eigenvalue weighted by atomic mass is 9.89. The molecule has 0 saturated heterocycles. The Hall–Kier alpha value is -1.06. The van der Waals surface area contributed by atoms with Crippen molar-refractivity contribution in [1.29, 1.82) is 0 Å². The van der Waals surface area contributed by atoms with E-state index in [1.807, 2.05) is 0 Å². The highest BCUT2D eigenvalue weighted by atomic mass is 16.4. The Morgan fingerprint density at radius 2 is 1.93 bits per heavy atom. The molecule has 4 nitrogen and oxygen atoms in total. The lowest BCUT2D eigenvalue weighted by molar-refractivity contribution is -0.146. The number of carbonyl (C=O) groups excluding carboxylic acids is 1. The van der Waals surface area contributed by atoms with E-state index in [1.54, 1.807) is 0 Å². The molecule has 0 heterocycles. The molecule has 1 unspecified atom stereocenters. The molecular weight excluding hydrogens is 194 g/mol. The Bertz CT molecular complexity index is 257. The zero-order chi connectivity index (χ0) is 11.5. The van der Waals surface area contributed by atoms with Crippen molar-refractivity contribution in [3.05, 3.63) is 0 Å². The van der Waals surface area contributed by atoms with Crippen LogP contribution in [-0.2, 0) is 9.59 Å². The van der Waals surface area contributed by atoms with Crippen LogP contribution in [0.15, 0.2) is 0 Å². The molecule has 1 atom stereocenters. The minimum atomic E-state index is -1.07. The van der Waals surface area contributed by atoms with E-state index in [1.165, 1.54) is 19.8 Å². The molecule has 1 amide bonds. The standard InChI is InChI=1S/C11H19NO3/c1-8(10(14)15)9(13)12-7-11(2)5-3-4-6-11/h8H,3-7H2,1-2H3,(H,12,13)(H,14,15). The van der Waals surface area contributed by atoms with Gasteiger partial charge in [-0.15, -0.1) is 0 Å². The second-order valence-electron chi connectivity index (χ2n) is 4.80. The summed E-state index contributed by atoms with van der Waals surface area (Å²) in [5.41, 5.74) is 0.174. The zero-order valence-electron chi connectivity index (χ0n) is 9.38. The monoisotopic (exact) mass is 213 g/mol. The van der Waals surface area contributed by atoms with Crippen molar-refractivity contribution < 1.29 is 14.7 Å². The smallest absolute Gasteiger partial charge is 0.315 e. The molecule has 1 saturated carbocycles. The lowest BCUT2D eigenvalue weighted by Gasteiger charge is -2.24. The fraction of sp³-hybridized carbons (Fsp3) is 0.818. The van der Waals surface area contributed by atoms with E-state index >= 15 is 0 Å². The van der Waals surface area contributed by atoms with Crippen molar-refractivity contribution in [2.75, 3.05) is 6.54 Å². The predicted molar refractivity (Wildman–Crippen MR) is 56.4 cm³/mol. The SMILES string of the molecule is CC(C(=O)O)C(=O)NCC1(C)CCCC1. The summed E-state index contributed by atoms with van der Waals surface area (Å²) in [4.78, 5) is 21.9. The van der Waals surface area contributed by atoms with Crippen molar-refractivity contribution in [3.63, 3.8) is 0 Å². The molecule has 0 spiro atoms. The highest BCUT2D eigenvalue weighted by Gasteiger charge is 2.30. The first-order valence-corrected chi connectivity index (χ1v) is 5.45. The Kier molecular flexibility index (Phi) is 3.72. The summed E-state index contributed by atoms with van der Waals surface area (Å²) in [5.74, 6) is -2.39. The van der Waals surface area contributed by atoms with Crippen LogP contribution in [0, 0.1) is 11.3 Å². The average Bonchev–Trinajstić information content (AvgIpc) is 2.61. The average molecular weight is 213 g/mol. The van der Waals surface area contributed by atoms with Crippen molar-refractivity contribution >= 4 is 11.9 Å². The van der Waals surface area contributed by atoms with Crippen LogP contribution >= 0.6 is 0 Å². The number of hydrogen-bond donors (Lipinski definition) is 2. The first-order chi connectivity index (χ1) is 6.94. The molecule has 1 aliphatic carbocycles. The molecule has 4 heteroatoms. The number of carboxylic acid groups (broad SMARTS) is 1. The largest absolute Gasteiger partial charge is 0.481 e. The second-order valence-corrected chi connectivity index (χ2v) is 4.80. The third-order valence-electron chi connectivity index (χ3n) is 3.26. The number of amides is 1. The van der Waals surface area contributed by atoms with E-state index in [4.69, 9.17) is 5.11 Å². The molecule has 2 N–H and O–H groups in total. The molecule has 0 aromatic rings. The summed E-state index contributed by atoms with van der Waals surface area (Å²) in [6.45, 7) is 4.16. The summed E-state index contributed by atoms with van der Waals surface area (Å²) in [7, 11) is 0. The number of hydrogen-bond acceptors (Lipinski definition) is 2. The molecular formula is C11H19NO3. The Labute approximate surface area is 90.0 Å². The van der Waals surface area contributed by atoms with Gasteiger partial charge in [-0.2, -0.15) is 0 Å². The van der Waals surface area contributed by atoms with Crippen LogP contribution < -0.4 is 5.32 Å². The molecule has 86 valence electrons. The maximum absolute atomic E-state index is 11.4. The van der Waals surface area contributed by atoms with Crippen molar-refractivity contribution in [1.82, 2.24) is 5.32 Å². The summed E-state index contributed by atoms with van der Waals surface area (Å²) in [6.07, 6.45) is 4.66. The number of carboxylic acids is 1. The quantitative estimate of drug-likeness (QED) is 0.694. The van der Waals surface area contributed by atoms with Crippen molar-refractivity contribution in [2.45, 2.75) is 39.5 Å². The molecule has 15 heavy (non-hydrogen) atoms. The molecule has 1 rings (SSSR count). The normalized spacial score (nSPS) is 20.9. The van der Waals surface area contributed by atoms with Gasteiger partial charge in [-0.25, -0.2) is 0 Å². The van der Waals surface area contributed by atoms with E-state index in [0.717, 1.165) is 12.8 Å². The number of nitrogens with one attached hydrogen (secondary N) is 1. The first kappa shape index (κ1) is 12.0. The Morgan fingerprint density at radius 3 is 2.40 bits per heavy atom. The highest BCUT2D eigenvalue weighted by Crippen LogP contribution is 2.36. The predicted octanol–water partition coefficient (Wildman–Crippen LogP) is 1.40. The van der Waals surface area contributed by atoms with Gasteiger partial charge in [-0.1, -0.05) is 19.8 Å². The fourth-order valence-electron chi connectivity index (χ4n) is 1.97. The van der Waals surface area contributed by atoms with E-state index in [-0.39, 0.29) is 11.3 Å². The molecule has 1 aliphatic rings. The van der Waals surface area contributed by atoms with Crippen LogP contribution in [0.5, 0.6) is 0 Å². The molecule has 0 aromatic heterocycles. The summed E-state index contributed by atoms with van der Waals surface area (Å²) < 4.78 is 0. The van der Waals surface area contributed by atoms with Gasteiger partial charge in [-0.3, -0.25) is 9.59 Å². The maximum atomic E-state index is 11.4. The van der Waals surface area contributed by atoms with Gasteiger partial charge in [0.15, 0.2) is 0 Å². The van der Waals surface area contributed by atoms with Gasteiger partial charge in [0.1, 0.15) is 5.92 Å². The van der Waals surface area contributed by atoms with Crippen molar-refractivity contribution in [3.8, 4) is 0 Å². The van der Waals surface area contributed by atoms with Gasteiger partial charge >= 0.3 is 5.97 Å². The van der Waals surface area contributed by atoms with Crippen LogP contribution in [0.3, 0.4) is 0 Å².